The second-order valence-corrected chi connectivity index (χ2v) is 7.13. The van der Waals surface area contributed by atoms with Gasteiger partial charge in [-0.05, 0) is 42.0 Å². The third-order valence-electron chi connectivity index (χ3n) is 5.11. The highest BCUT2D eigenvalue weighted by Crippen LogP contribution is 2.53. The standard InChI is InChI=1S/C17H20N2O3.C2HF3O2/c20-17(18-8-12-3-1-5-21-12)7-14-15-10-19(11-16(14)15)9-13-4-2-6-22-13;3-2(4,5)1(6)7/h1-6,14-16H,7-11H2,(H,18,20);(H,6,7)/t14?,15-,16+;. The van der Waals surface area contributed by atoms with Crippen molar-refractivity contribution in [3.63, 3.8) is 0 Å². The maximum Gasteiger partial charge on any atom is 0.490 e. The molecule has 10 heteroatoms. The van der Waals surface area contributed by atoms with Crippen molar-refractivity contribution >= 4 is 11.9 Å². The molecule has 4 rings (SSSR count). The number of carboxylic acids is 1. The maximum atomic E-state index is 12.0. The lowest BCUT2D eigenvalue weighted by Crippen LogP contribution is -2.27. The van der Waals surface area contributed by atoms with Crippen molar-refractivity contribution in [2.75, 3.05) is 13.1 Å². The normalized spacial score (nSPS) is 23.1. The Balaban J connectivity index is 0.000000298. The van der Waals surface area contributed by atoms with Gasteiger partial charge in [0.1, 0.15) is 11.5 Å². The van der Waals surface area contributed by atoms with Crippen LogP contribution in [0, 0.1) is 17.8 Å². The molecule has 1 unspecified atom stereocenters. The molecule has 0 bridgehead atoms. The maximum absolute atomic E-state index is 12.0. The molecule has 7 nitrogen and oxygen atoms in total. The number of hydrogen-bond donors (Lipinski definition) is 2. The number of nitrogens with one attached hydrogen (secondary N) is 1. The van der Waals surface area contributed by atoms with Gasteiger partial charge < -0.3 is 19.3 Å². The van der Waals surface area contributed by atoms with Gasteiger partial charge in [0.15, 0.2) is 0 Å². The summed E-state index contributed by atoms with van der Waals surface area (Å²) in [7, 11) is 0. The number of carboxylic acid groups (broad SMARTS) is 1. The number of alkyl halides is 3. The summed E-state index contributed by atoms with van der Waals surface area (Å²) >= 11 is 0. The molecular weight excluding hydrogens is 393 g/mol. The van der Waals surface area contributed by atoms with Gasteiger partial charge in [-0.2, -0.15) is 13.2 Å². The number of nitrogens with zero attached hydrogens (tertiary/aromatic N) is 1. The fourth-order valence-electron chi connectivity index (χ4n) is 3.68. The van der Waals surface area contributed by atoms with Crippen molar-refractivity contribution in [2.24, 2.45) is 17.8 Å². The third kappa shape index (κ3) is 5.86. The molecule has 2 aromatic heterocycles. The van der Waals surface area contributed by atoms with E-state index in [4.69, 9.17) is 18.7 Å². The van der Waals surface area contributed by atoms with Gasteiger partial charge in [0.2, 0.25) is 5.91 Å². The van der Waals surface area contributed by atoms with E-state index in [0.29, 0.717) is 30.7 Å². The molecule has 1 saturated carbocycles. The Morgan fingerprint density at radius 3 is 2.14 bits per heavy atom. The molecule has 3 heterocycles. The summed E-state index contributed by atoms with van der Waals surface area (Å²) < 4.78 is 42.3. The van der Waals surface area contributed by atoms with Gasteiger partial charge in [-0.3, -0.25) is 9.69 Å². The van der Waals surface area contributed by atoms with Gasteiger partial charge in [-0.15, -0.1) is 0 Å². The van der Waals surface area contributed by atoms with E-state index in [2.05, 4.69) is 10.2 Å². The molecule has 1 aliphatic carbocycles. The summed E-state index contributed by atoms with van der Waals surface area (Å²) in [5, 5.41) is 10.1. The van der Waals surface area contributed by atoms with Crippen LogP contribution >= 0.6 is 0 Å². The Morgan fingerprint density at radius 1 is 1.10 bits per heavy atom. The molecule has 158 valence electrons. The van der Waals surface area contributed by atoms with E-state index < -0.39 is 12.1 Å². The summed E-state index contributed by atoms with van der Waals surface area (Å²) in [6, 6.07) is 7.65. The number of amides is 1. The summed E-state index contributed by atoms with van der Waals surface area (Å²) in [4.78, 5) is 23.3. The first-order chi connectivity index (χ1) is 13.7. The number of rotatable bonds is 6. The van der Waals surface area contributed by atoms with Crippen LogP contribution in [0.4, 0.5) is 13.2 Å². The van der Waals surface area contributed by atoms with Crippen LogP contribution in [-0.4, -0.2) is 41.1 Å². The Hall–Kier alpha value is -2.75. The average Bonchev–Trinajstić information content (AvgIpc) is 3.20. The van der Waals surface area contributed by atoms with Crippen LogP contribution in [0.2, 0.25) is 0 Å². The molecule has 3 atom stereocenters. The number of fused-ring (bicyclic) bond motifs is 1. The average molecular weight is 414 g/mol. The smallest absolute Gasteiger partial charge is 0.475 e. The fourth-order valence-corrected chi connectivity index (χ4v) is 3.68. The zero-order valence-corrected chi connectivity index (χ0v) is 15.4. The number of likely N-dealkylation sites (tertiary alicyclic amines) is 1. The first kappa shape index (κ1) is 21.0. The Bertz CT molecular complexity index is 792. The van der Waals surface area contributed by atoms with Crippen LogP contribution in [0.25, 0.3) is 0 Å². The molecule has 0 spiro atoms. The first-order valence-corrected chi connectivity index (χ1v) is 9.08. The molecule has 0 aromatic carbocycles. The lowest BCUT2D eigenvalue weighted by molar-refractivity contribution is -0.192. The SMILES string of the molecule is O=C(CC1[C@H]2CN(Cc3ccco3)C[C@@H]12)NCc1ccco1.O=C(O)C(F)(F)F. The number of halogens is 3. The number of carbonyl (C=O) groups excluding carboxylic acids is 1. The summed E-state index contributed by atoms with van der Waals surface area (Å²) in [6.07, 6.45) is -1.09. The monoisotopic (exact) mass is 414 g/mol. The van der Waals surface area contributed by atoms with Gasteiger partial charge in [0.05, 0.1) is 25.6 Å². The molecule has 2 fully saturated rings. The third-order valence-corrected chi connectivity index (χ3v) is 5.11. The molecule has 2 N–H and O–H groups in total. The predicted molar refractivity (Wildman–Crippen MR) is 93.3 cm³/mol. The second-order valence-electron chi connectivity index (χ2n) is 7.13. The zero-order chi connectivity index (χ0) is 21.0. The van der Waals surface area contributed by atoms with Crippen LogP contribution in [0.1, 0.15) is 17.9 Å². The molecule has 0 radical (unpaired) electrons. The highest BCUT2D eigenvalue weighted by atomic mass is 19.4. The van der Waals surface area contributed by atoms with Crippen molar-refractivity contribution in [2.45, 2.75) is 25.7 Å². The minimum absolute atomic E-state index is 0.133. The predicted octanol–water partition coefficient (Wildman–Crippen LogP) is 2.89. The van der Waals surface area contributed by atoms with Crippen molar-refractivity contribution in [1.82, 2.24) is 10.2 Å². The van der Waals surface area contributed by atoms with Gasteiger partial charge in [-0.25, -0.2) is 4.79 Å². The molecule has 1 amide bonds. The topological polar surface area (TPSA) is 95.9 Å². The fraction of sp³-hybridized carbons (Fsp3) is 0.474. The van der Waals surface area contributed by atoms with E-state index in [-0.39, 0.29) is 5.91 Å². The highest BCUT2D eigenvalue weighted by molar-refractivity contribution is 5.76. The van der Waals surface area contributed by atoms with E-state index in [0.717, 1.165) is 31.2 Å². The minimum atomic E-state index is -5.08. The van der Waals surface area contributed by atoms with E-state index in [9.17, 15) is 18.0 Å². The van der Waals surface area contributed by atoms with E-state index in [1.807, 2.05) is 24.3 Å². The van der Waals surface area contributed by atoms with Gasteiger partial charge in [-0.1, -0.05) is 0 Å². The molecule has 2 aliphatic rings. The molecule has 2 aromatic rings. The van der Waals surface area contributed by atoms with Crippen molar-refractivity contribution in [3.05, 3.63) is 48.3 Å². The van der Waals surface area contributed by atoms with Crippen LogP contribution in [0.15, 0.2) is 45.6 Å². The van der Waals surface area contributed by atoms with Crippen molar-refractivity contribution in [1.29, 1.82) is 0 Å². The molecular formula is C19H21F3N2O5. The quantitative estimate of drug-likeness (QED) is 0.755. The number of hydrogen-bond acceptors (Lipinski definition) is 5. The number of piperidine rings is 1. The summed E-state index contributed by atoms with van der Waals surface area (Å²) in [5.74, 6) is 1.13. The summed E-state index contributed by atoms with van der Waals surface area (Å²) in [6.45, 7) is 3.54. The van der Waals surface area contributed by atoms with Gasteiger partial charge in [0, 0.05) is 19.5 Å². The lowest BCUT2D eigenvalue weighted by atomic mass is 10.2. The van der Waals surface area contributed by atoms with Gasteiger partial charge in [0.25, 0.3) is 0 Å². The number of furan rings is 2. The Labute approximate surface area is 164 Å². The minimum Gasteiger partial charge on any atom is -0.475 e. The van der Waals surface area contributed by atoms with E-state index in [1.165, 1.54) is 0 Å². The molecule has 1 aliphatic heterocycles. The Kier molecular flexibility index (Phi) is 6.31. The zero-order valence-electron chi connectivity index (χ0n) is 15.4. The molecule has 29 heavy (non-hydrogen) atoms. The van der Waals surface area contributed by atoms with Crippen LogP contribution in [0.5, 0.6) is 0 Å². The van der Waals surface area contributed by atoms with Crippen LogP contribution in [-0.2, 0) is 22.7 Å². The van der Waals surface area contributed by atoms with Crippen LogP contribution < -0.4 is 5.32 Å². The second kappa shape index (κ2) is 8.73. The first-order valence-electron chi connectivity index (χ1n) is 9.08. The van der Waals surface area contributed by atoms with E-state index in [1.54, 1.807) is 12.5 Å². The van der Waals surface area contributed by atoms with Crippen molar-refractivity contribution < 1.29 is 36.7 Å². The van der Waals surface area contributed by atoms with E-state index >= 15 is 0 Å². The number of aliphatic carboxylic acids is 1. The lowest BCUT2D eigenvalue weighted by Gasteiger charge is -2.17. The Morgan fingerprint density at radius 2 is 1.66 bits per heavy atom. The van der Waals surface area contributed by atoms with Gasteiger partial charge >= 0.3 is 12.1 Å². The largest absolute Gasteiger partial charge is 0.490 e. The summed E-state index contributed by atoms with van der Waals surface area (Å²) in [5.41, 5.74) is 0. The van der Waals surface area contributed by atoms with Crippen LogP contribution in [0.3, 0.4) is 0 Å². The number of carbonyl (C=O) groups is 2. The molecule has 1 saturated heterocycles. The highest BCUT2D eigenvalue weighted by Gasteiger charge is 2.55. The van der Waals surface area contributed by atoms with Crippen molar-refractivity contribution in [3.8, 4) is 0 Å².